The van der Waals surface area contributed by atoms with E-state index in [4.69, 9.17) is 0 Å². The molecule has 0 saturated heterocycles. The molecule has 0 bridgehead atoms. The summed E-state index contributed by atoms with van der Waals surface area (Å²) in [5.41, 5.74) is 3.28. The zero-order chi connectivity index (χ0) is 12.8. The fourth-order valence-electron chi connectivity index (χ4n) is 1.73. The van der Waals surface area contributed by atoms with Gasteiger partial charge in [0.1, 0.15) is 0 Å². The molecular weight excluding hydrogens is 226 g/mol. The minimum atomic E-state index is 0.814. The van der Waals surface area contributed by atoms with Crippen LogP contribution < -0.4 is 5.32 Å². The number of aromatic nitrogens is 3. The van der Waals surface area contributed by atoms with Gasteiger partial charge in [-0.1, -0.05) is 0 Å². The summed E-state index contributed by atoms with van der Waals surface area (Å²) in [6, 6.07) is 3.96. The smallest absolute Gasteiger partial charge is 0.0710 e. The molecule has 2 aromatic heterocycles. The van der Waals surface area contributed by atoms with Crippen molar-refractivity contribution >= 4 is 0 Å². The average molecular weight is 245 g/mol. The van der Waals surface area contributed by atoms with E-state index in [1.807, 2.05) is 24.5 Å². The van der Waals surface area contributed by atoms with Gasteiger partial charge in [0.05, 0.1) is 11.9 Å². The molecule has 0 atom stereocenters. The molecule has 0 unspecified atom stereocenters. The third-order valence-corrected chi connectivity index (χ3v) is 2.72. The highest BCUT2D eigenvalue weighted by Gasteiger charge is 2.06. The fraction of sp³-hybridized carbons (Fsp3) is 0.385. The lowest BCUT2D eigenvalue weighted by atomic mass is 10.1. The lowest BCUT2D eigenvalue weighted by molar-refractivity contribution is 0.400. The van der Waals surface area contributed by atoms with Crippen LogP contribution >= 0.6 is 0 Å². The van der Waals surface area contributed by atoms with Gasteiger partial charge in [-0.25, -0.2) is 0 Å². The largest absolute Gasteiger partial charge is 0.311 e. The van der Waals surface area contributed by atoms with Gasteiger partial charge in [-0.05, 0) is 26.2 Å². The number of nitrogens with zero attached hydrogens (tertiary/aromatic N) is 3. The predicted octanol–water partition coefficient (Wildman–Crippen LogP) is 1.12. The molecule has 0 spiro atoms. The van der Waals surface area contributed by atoms with Gasteiger partial charge in [-0.3, -0.25) is 10.1 Å². The first-order chi connectivity index (χ1) is 8.77. The minimum Gasteiger partial charge on any atom is -0.311 e. The summed E-state index contributed by atoms with van der Waals surface area (Å²) in [7, 11) is 4.14. The molecule has 0 saturated carbocycles. The van der Waals surface area contributed by atoms with Gasteiger partial charge in [0.25, 0.3) is 0 Å². The Morgan fingerprint density at radius 3 is 2.94 bits per heavy atom. The molecule has 5 heteroatoms. The number of nitrogens with one attached hydrogen (secondary N) is 2. The zero-order valence-corrected chi connectivity index (χ0v) is 10.8. The topological polar surface area (TPSA) is 56.8 Å². The number of aromatic amines is 1. The first-order valence-electron chi connectivity index (χ1n) is 6.05. The Hall–Kier alpha value is -1.72. The van der Waals surface area contributed by atoms with E-state index in [1.165, 1.54) is 5.56 Å². The Labute approximate surface area is 107 Å². The van der Waals surface area contributed by atoms with Crippen molar-refractivity contribution < 1.29 is 0 Å². The van der Waals surface area contributed by atoms with E-state index in [-0.39, 0.29) is 0 Å². The predicted molar refractivity (Wildman–Crippen MR) is 72.1 cm³/mol. The SMILES string of the molecule is CN(C)CCNCc1cn[nH]c1-c1cccnc1. The maximum absolute atomic E-state index is 4.13. The van der Waals surface area contributed by atoms with Crippen molar-refractivity contribution in [3.8, 4) is 11.3 Å². The molecule has 2 heterocycles. The number of pyridine rings is 1. The first-order valence-corrected chi connectivity index (χ1v) is 6.05. The van der Waals surface area contributed by atoms with Crippen molar-refractivity contribution in [2.75, 3.05) is 27.2 Å². The molecular formula is C13H19N5. The lowest BCUT2D eigenvalue weighted by Crippen LogP contribution is -2.26. The van der Waals surface area contributed by atoms with Crippen LogP contribution in [0.1, 0.15) is 5.56 Å². The van der Waals surface area contributed by atoms with Crippen LogP contribution in [0.25, 0.3) is 11.3 Å². The first kappa shape index (κ1) is 12.7. The van der Waals surface area contributed by atoms with Crippen LogP contribution in [0.3, 0.4) is 0 Å². The normalized spacial score (nSPS) is 11.1. The summed E-state index contributed by atoms with van der Waals surface area (Å²) in [6.07, 6.45) is 5.48. The molecule has 0 amide bonds. The van der Waals surface area contributed by atoms with Crippen LogP contribution in [0.5, 0.6) is 0 Å². The molecule has 18 heavy (non-hydrogen) atoms. The van der Waals surface area contributed by atoms with Crippen LogP contribution in [0, 0.1) is 0 Å². The second-order valence-corrected chi connectivity index (χ2v) is 4.49. The summed E-state index contributed by atoms with van der Waals surface area (Å²) in [5, 5.41) is 10.5. The van der Waals surface area contributed by atoms with E-state index in [1.54, 1.807) is 6.20 Å². The van der Waals surface area contributed by atoms with Crippen LogP contribution in [-0.4, -0.2) is 47.3 Å². The molecule has 0 radical (unpaired) electrons. The average Bonchev–Trinajstić information content (AvgIpc) is 2.84. The molecule has 0 aliphatic rings. The second-order valence-electron chi connectivity index (χ2n) is 4.49. The molecule has 5 nitrogen and oxygen atoms in total. The van der Waals surface area contributed by atoms with E-state index in [9.17, 15) is 0 Å². The van der Waals surface area contributed by atoms with Gasteiger partial charge >= 0.3 is 0 Å². The van der Waals surface area contributed by atoms with Crippen LogP contribution in [0.4, 0.5) is 0 Å². The quantitative estimate of drug-likeness (QED) is 0.749. The van der Waals surface area contributed by atoms with Crippen molar-refractivity contribution in [1.29, 1.82) is 0 Å². The Balaban J connectivity index is 1.96. The highest BCUT2D eigenvalue weighted by molar-refractivity contribution is 5.61. The summed E-state index contributed by atoms with van der Waals surface area (Å²) in [4.78, 5) is 6.28. The number of hydrogen-bond donors (Lipinski definition) is 2. The fourth-order valence-corrected chi connectivity index (χ4v) is 1.73. The van der Waals surface area contributed by atoms with Crippen LogP contribution in [-0.2, 0) is 6.54 Å². The summed E-state index contributed by atoms with van der Waals surface area (Å²) < 4.78 is 0. The Morgan fingerprint density at radius 1 is 1.33 bits per heavy atom. The maximum Gasteiger partial charge on any atom is 0.0710 e. The zero-order valence-electron chi connectivity index (χ0n) is 10.8. The van der Waals surface area contributed by atoms with Gasteiger partial charge in [0, 0.05) is 43.2 Å². The van der Waals surface area contributed by atoms with Crippen molar-refractivity contribution in [3.63, 3.8) is 0 Å². The third-order valence-electron chi connectivity index (χ3n) is 2.72. The van der Waals surface area contributed by atoms with E-state index in [0.29, 0.717) is 0 Å². The van der Waals surface area contributed by atoms with E-state index in [2.05, 4.69) is 39.5 Å². The van der Waals surface area contributed by atoms with Gasteiger partial charge in [0.2, 0.25) is 0 Å². The van der Waals surface area contributed by atoms with Gasteiger partial charge in [-0.2, -0.15) is 5.10 Å². The molecule has 2 N–H and O–H groups in total. The van der Waals surface area contributed by atoms with E-state index >= 15 is 0 Å². The highest BCUT2D eigenvalue weighted by atomic mass is 15.1. The van der Waals surface area contributed by atoms with Gasteiger partial charge < -0.3 is 10.2 Å². The van der Waals surface area contributed by atoms with Crippen molar-refractivity contribution in [1.82, 2.24) is 25.4 Å². The van der Waals surface area contributed by atoms with E-state index in [0.717, 1.165) is 30.9 Å². The molecule has 0 aromatic carbocycles. The monoisotopic (exact) mass is 245 g/mol. The molecule has 0 aliphatic carbocycles. The molecule has 2 aromatic rings. The Kier molecular flexibility index (Phi) is 4.44. The molecule has 0 aliphatic heterocycles. The third kappa shape index (κ3) is 3.38. The summed E-state index contributed by atoms with van der Waals surface area (Å²) in [5.74, 6) is 0. The highest BCUT2D eigenvalue weighted by Crippen LogP contribution is 2.19. The second kappa shape index (κ2) is 6.28. The number of H-pyrrole nitrogens is 1. The number of rotatable bonds is 6. The Morgan fingerprint density at radius 2 is 2.22 bits per heavy atom. The summed E-state index contributed by atoms with van der Waals surface area (Å²) in [6.45, 7) is 2.80. The molecule has 2 rings (SSSR count). The molecule has 0 fully saturated rings. The standard InChI is InChI=1S/C13H19N5/c1-18(2)7-6-15-9-12-10-16-17-13(12)11-4-3-5-14-8-11/h3-5,8,10,15H,6-7,9H2,1-2H3,(H,16,17). The van der Waals surface area contributed by atoms with Crippen molar-refractivity contribution in [3.05, 3.63) is 36.3 Å². The van der Waals surface area contributed by atoms with Crippen molar-refractivity contribution in [2.24, 2.45) is 0 Å². The maximum atomic E-state index is 4.13. The number of likely N-dealkylation sites (N-methyl/N-ethyl adjacent to an activating group) is 1. The van der Waals surface area contributed by atoms with Crippen LogP contribution in [0.2, 0.25) is 0 Å². The van der Waals surface area contributed by atoms with Crippen LogP contribution in [0.15, 0.2) is 30.7 Å². The summed E-state index contributed by atoms with van der Waals surface area (Å²) >= 11 is 0. The minimum absolute atomic E-state index is 0.814. The lowest BCUT2D eigenvalue weighted by Gasteiger charge is -2.10. The van der Waals surface area contributed by atoms with Gasteiger partial charge in [-0.15, -0.1) is 0 Å². The van der Waals surface area contributed by atoms with Gasteiger partial charge in [0.15, 0.2) is 0 Å². The molecule has 96 valence electrons. The number of hydrogen-bond acceptors (Lipinski definition) is 4. The Bertz CT molecular complexity index is 463. The van der Waals surface area contributed by atoms with Crippen molar-refractivity contribution in [2.45, 2.75) is 6.54 Å². The van der Waals surface area contributed by atoms with E-state index < -0.39 is 0 Å².